The quantitative estimate of drug-likeness (QED) is 0.270. The Hall–Kier alpha value is -4.11. The Bertz CT molecular complexity index is 1580. The third-order valence-corrected chi connectivity index (χ3v) is 7.40. The molecule has 2 aliphatic heterocycles. The molecule has 0 fully saturated rings. The fourth-order valence-corrected chi connectivity index (χ4v) is 5.45. The van der Waals surface area contributed by atoms with Gasteiger partial charge in [-0.05, 0) is 42.2 Å². The summed E-state index contributed by atoms with van der Waals surface area (Å²) in [6.45, 7) is 3.88. The van der Waals surface area contributed by atoms with Crippen LogP contribution in [0.4, 0.5) is 23.4 Å². The van der Waals surface area contributed by atoms with Crippen molar-refractivity contribution in [1.82, 2.24) is 14.9 Å². The van der Waals surface area contributed by atoms with Gasteiger partial charge in [-0.25, -0.2) is 14.4 Å². The SMILES string of the molecule is CCC1N=C(Nc2nc(-c3ccccc3C(F)(F)F)nc3c2CCN(Cc2ccccc2)C3)c2cc(F)ccc21. The molecule has 5 nitrogen and oxygen atoms in total. The Morgan fingerprint density at radius 2 is 1.73 bits per heavy atom. The summed E-state index contributed by atoms with van der Waals surface area (Å²) in [5.41, 5.74) is 3.30. The van der Waals surface area contributed by atoms with Gasteiger partial charge in [0.2, 0.25) is 0 Å². The molecule has 0 bridgehead atoms. The minimum absolute atomic E-state index is 0.0131. The van der Waals surface area contributed by atoms with Gasteiger partial charge in [-0.15, -0.1) is 0 Å². The van der Waals surface area contributed by atoms with Gasteiger partial charge >= 0.3 is 6.18 Å². The average molecular weight is 546 g/mol. The molecule has 40 heavy (non-hydrogen) atoms. The van der Waals surface area contributed by atoms with E-state index in [1.54, 1.807) is 12.1 Å². The molecular formula is C31H27F4N5. The Labute approximate surface area is 229 Å². The second-order valence-electron chi connectivity index (χ2n) is 10.1. The van der Waals surface area contributed by atoms with E-state index in [2.05, 4.69) is 20.2 Å². The number of fused-ring (bicyclic) bond motifs is 2. The lowest BCUT2D eigenvalue weighted by molar-refractivity contribution is -0.137. The van der Waals surface area contributed by atoms with Crippen LogP contribution in [0.15, 0.2) is 77.8 Å². The maximum atomic E-state index is 14.2. The number of hydrogen-bond acceptors (Lipinski definition) is 5. The van der Waals surface area contributed by atoms with E-state index in [-0.39, 0.29) is 23.2 Å². The van der Waals surface area contributed by atoms with Crippen LogP contribution in [0.1, 0.15) is 52.9 Å². The standard InChI is InChI=1S/C31H27F4N5/c1-2-26-21-13-12-20(32)16-24(21)30(36-26)39-29-23-14-15-40(17-19-8-4-3-5-9-19)18-27(23)37-28(38-29)22-10-6-7-11-25(22)31(33,34)35/h3-13,16,26H,2,14-15,17-18H2,1H3,(H,36,37,38,39). The Morgan fingerprint density at radius 1 is 0.950 bits per heavy atom. The number of alkyl halides is 3. The predicted octanol–water partition coefficient (Wildman–Crippen LogP) is 7.18. The smallest absolute Gasteiger partial charge is 0.324 e. The number of benzene rings is 3. The fraction of sp³-hybridized carbons (Fsp3) is 0.258. The van der Waals surface area contributed by atoms with Crippen molar-refractivity contribution in [3.05, 3.63) is 112 Å². The number of nitrogens with zero attached hydrogens (tertiary/aromatic N) is 4. The number of amidine groups is 1. The molecule has 0 spiro atoms. The molecule has 9 heteroatoms. The van der Waals surface area contributed by atoms with Crippen molar-refractivity contribution in [3.63, 3.8) is 0 Å². The lowest BCUT2D eigenvalue weighted by atomic mass is 10.0. The first-order valence-corrected chi connectivity index (χ1v) is 13.3. The topological polar surface area (TPSA) is 53.4 Å². The number of aliphatic imine (C=N–C) groups is 1. The van der Waals surface area contributed by atoms with Crippen LogP contribution in [0.2, 0.25) is 0 Å². The van der Waals surface area contributed by atoms with Crippen molar-refractivity contribution in [1.29, 1.82) is 0 Å². The van der Waals surface area contributed by atoms with Crippen molar-refractivity contribution >= 4 is 11.7 Å². The molecule has 204 valence electrons. The minimum atomic E-state index is -4.57. The molecule has 0 amide bonds. The number of anilines is 1. The van der Waals surface area contributed by atoms with Crippen molar-refractivity contribution in [2.24, 2.45) is 4.99 Å². The summed E-state index contributed by atoms with van der Waals surface area (Å²) in [6.07, 6.45) is -3.24. The van der Waals surface area contributed by atoms with Gasteiger partial charge in [0.05, 0.1) is 17.3 Å². The van der Waals surface area contributed by atoms with E-state index in [1.165, 1.54) is 24.3 Å². The second kappa shape index (κ2) is 10.5. The molecule has 0 saturated carbocycles. The molecule has 6 rings (SSSR count). The summed E-state index contributed by atoms with van der Waals surface area (Å²) < 4.78 is 56.1. The maximum absolute atomic E-state index is 14.2. The van der Waals surface area contributed by atoms with Crippen LogP contribution < -0.4 is 5.32 Å². The van der Waals surface area contributed by atoms with Crippen LogP contribution in [0, 0.1) is 5.82 Å². The molecule has 0 saturated heterocycles. The lowest BCUT2D eigenvalue weighted by Gasteiger charge is -2.29. The van der Waals surface area contributed by atoms with Crippen LogP contribution in [-0.2, 0) is 25.7 Å². The van der Waals surface area contributed by atoms with Crippen molar-refractivity contribution < 1.29 is 17.6 Å². The molecule has 0 aliphatic carbocycles. The third kappa shape index (κ3) is 5.09. The van der Waals surface area contributed by atoms with E-state index in [4.69, 9.17) is 4.99 Å². The predicted molar refractivity (Wildman–Crippen MR) is 146 cm³/mol. The van der Waals surface area contributed by atoms with Gasteiger partial charge in [-0.1, -0.05) is 61.5 Å². The van der Waals surface area contributed by atoms with Gasteiger partial charge in [0.15, 0.2) is 5.82 Å². The first-order chi connectivity index (χ1) is 19.3. The summed E-state index contributed by atoms with van der Waals surface area (Å²) in [5.74, 6) is 0.470. The Kier molecular flexibility index (Phi) is 6.83. The summed E-state index contributed by atoms with van der Waals surface area (Å²) in [7, 11) is 0. The highest BCUT2D eigenvalue weighted by molar-refractivity contribution is 6.11. The molecule has 1 aromatic heterocycles. The number of nitrogens with one attached hydrogen (secondary N) is 1. The third-order valence-electron chi connectivity index (χ3n) is 7.40. The van der Waals surface area contributed by atoms with Gasteiger partial charge in [0, 0.05) is 36.3 Å². The molecule has 1 unspecified atom stereocenters. The molecule has 1 atom stereocenters. The van der Waals surface area contributed by atoms with E-state index in [1.807, 2.05) is 37.3 Å². The summed E-state index contributed by atoms with van der Waals surface area (Å²) in [6, 6.07) is 19.8. The van der Waals surface area contributed by atoms with E-state index in [0.29, 0.717) is 42.4 Å². The van der Waals surface area contributed by atoms with E-state index in [9.17, 15) is 17.6 Å². The van der Waals surface area contributed by atoms with Crippen LogP contribution >= 0.6 is 0 Å². The monoisotopic (exact) mass is 545 g/mol. The molecular weight excluding hydrogens is 518 g/mol. The number of aromatic nitrogens is 2. The van der Waals surface area contributed by atoms with Crippen LogP contribution in [0.25, 0.3) is 11.4 Å². The Morgan fingerprint density at radius 3 is 2.50 bits per heavy atom. The minimum Gasteiger partial charge on any atom is -0.324 e. The van der Waals surface area contributed by atoms with Crippen LogP contribution in [-0.4, -0.2) is 27.2 Å². The Balaban J connectivity index is 1.43. The number of halogens is 4. The van der Waals surface area contributed by atoms with E-state index < -0.39 is 11.7 Å². The zero-order valence-electron chi connectivity index (χ0n) is 21.8. The van der Waals surface area contributed by atoms with Crippen molar-refractivity contribution in [2.75, 3.05) is 11.9 Å². The number of hydrogen-bond donors (Lipinski definition) is 1. The largest absolute Gasteiger partial charge is 0.417 e. The molecule has 0 radical (unpaired) electrons. The van der Waals surface area contributed by atoms with Crippen molar-refractivity contribution in [3.8, 4) is 11.4 Å². The first kappa shape index (κ1) is 26.1. The van der Waals surface area contributed by atoms with E-state index in [0.717, 1.165) is 35.7 Å². The highest BCUT2D eigenvalue weighted by Crippen LogP contribution is 2.38. The highest BCUT2D eigenvalue weighted by Gasteiger charge is 2.35. The van der Waals surface area contributed by atoms with Crippen molar-refractivity contribution in [2.45, 2.75) is 45.1 Å². The normalized spacial score (nSPS) is 16.8. The molecule has 3 heterocycles. The highest BCUT2D eigenvalue weighted by atomic mass is 19.4. The fourth-order valence-electron chi connectivity index (χ4n) is 5.45. The molecule has 1 N–H and O–H groups in total. The summed E-state index contributed by atoms with van der Waals surface area (Å²) in [5, 5.41) is 3.28. The summed E-state index contributed by atoms with van der Waals surface area (Å²) in [4.78, 5) is 16.3. The first-order valence-electron chi connectivity index (χ1n) is 13.3. The number of rotatable bonds is 5. The average Bonchev–Trinajstić information content (AvgIpc) is 3.29. The molecule has 2 aliphatic rings. The molecule has 4 aromatic rings. The van der Waals surface area contributed by atoms with Crippen LogP contribution in [0.5, 0.6) is 0 Å². The van der Waals surface area contributed by atoms with Gasteiger partial charge in [0.25, 0.3) is 0 Å². The van der Waals surface area contributed by atoms with Crippen LogP contribution in [0.3, 0.4) is 0 Å². The van der Waals surface area contributed by atoms with Gasteiger partial charge in [-0.2, -0.15) is 13.2 Å². The maximum Gasteiger partial charge on any atom is 0.417 e. The summed E-state index contributed by atoms with van der Waals surface area (Å²) >= 11 is 0. The van der Waals surface area contributed by atoms with Gasteiger partial charge < -0.3 is 5.32 Å². The van der Waals surface area contributed by atoms with Gasteiger partial charge in [-0.3, -0.25) is 9.89 Å². The second-order valence-corrected chi connectivity index (χ2v) is 10.1. The zero-order valence-corrected chi connectivity index (χ0v) is 21.8. The van der Waals surface area contributed by atoms with Gasteiger partial charge in [0.1, 0.15) is 17.5 Å². The van der Waals surface area contributed by atoms with E-state index >= 15 is 0 Å². The zero-order chi connectivity index (χ0) is 27.9. The molecule has 3 aromatic carbocycles. The lowest BCUT2D eigenvalue weighted by Crippen LogP contribution is -2.32.